The highest BCUT2D eigenvalue weighted by molar-refractivity contribution is 5.84. The fourth-order valence-corrected chi connectivity index (χ4v) is 5.32. The molecule has 2 saturated heterocycles. The van der Waals surface area contributed by atoms with Crippen LogP contribution >= 0.6 is 0 Å². The Hall–Kier alpha value is -3.81. The predicted molar refractivity (Wildman–Crippen MR) is 159 cm³/mol. The number of nitrogens with zero attached hydrogens (tertiary/aromatic N) is 4. The molecule has 0 aliphatic carbocycles. The number of benzene rings is 1. The maximum atomic E-state index is 12.8. The maximum absolute atomic E-state index is 12.8. The first kappa shape index (κ1) is 30.6. The van der Waals surface area contributed by atoms with Crippen molar-refractivity contribution >= 4 is 34.8 Å². The Balaban J connectivity index is 1.24. The van der Waals surface area contributed by atoms with Gasteiger partial charge in [0.1, 0.15) is 23.3 Å². The molecule has 0 bridgehead atoms. The molecule has 0 unspecified atom stereocenters. The van der Waals surface area contributed by atoms with Gasteiger partial charge in [0, 0.05) is 19.5 Å². The van der Waals surface area contributed by atoms with Crippen LogP contribution in [-0.4, -0.2) is 74.2 Å². The number of aromatic nitrogens is 4. The quantitative estimate of drug-likeness (QED) is 0.295. The molecule has 1 aromatic carbocycles. The molecule has 0 saturated carbocycles. The van der Waals surface area contributed by atoms with Gasteiger partial charge in [-0.05, 0) is 65.5 Å². The molecule has 2 aromatic heterocycles. The van der Waals surface area contributed by atoms with E-state index in [9.17, 15) is 9.59 Å². The first-order valence-corrected chi connectivity index (χ1v) is 14.7. The molecule has 232 valence electrons. The molecule has 2 fully saturated rings. The van der Waals surface area contributed by atoms with Gasteiger partial charge in [-0.3, -0.25) is 14.2 Å². The lowest BCUT2D eigenvalue weighted by Crippen LogP contribution is -2.42. The number of fused-ring (bicyclic) bond motifs is 2. The minimum absolute atomic E-state index is 0.201. The van der Waals surface area contributed by atoms with Crippen molar-refractivity contribution in [1.29, 1.82) is 0 Å². The van der Waals surface area contributed by atoms with E-state index in [1.54, 1.807) is 10.9 Å². The van der Waals surface area contributed by atoms with E-state index in [0.29, 0.717) is 43.0 Å². The Morgan fingerprint density at radius 3 is 2.42 bits per heavy atom. The summed E-state index contributed by atoms with van der Waals surface area (Å²) in [5, 5.41) is 6.06. The third-order valence-electron chi connectivity index (χ3n) is 7.12. The van der Waals surface area contributed by atoms with Crippen molar-refractivity contribution in [3.63, 3.8) is 0 Å². The second-order valence-corrected chi connectivity index (χ2v) is 12.2. The molecule has 3 aromatic rings. The van der Waals surface area contributed by atoms with Crippen molar-refractivity contribution in [1.82, 2.24) is 24.8 Å². The number of hydrogen-bond acceptors (Lipinski definition) is 11. The number of nitrogens with two attached hydrogens (primary N) is 1. The Labute approximate surface area is 250 Å². The number of carbonyl (C=O) groups is 2. The van der Waals surface area contributed by atoms with Gasteiger partial charge >= 0.3 is 5.97 Å². The molecular weight excluding hydrogens is 554 g/mol. The second-order valence-electron chi connectivity index (χ2n) is 12.2. The second kappa shape index (κ2) is 12.1. The van der Waals surface area contributed by atoms with Crippen molar-refractivity contribution in [3.05, 3.63) is 41.7 Å². The zero-order valence-electron chi connectivity index (χ0n) is 25.5. The van der Waals surface area contributed by atoms with E-state index in [0.717, 1.165) is 17.5 Å². The molecule has 13 nitrogen and oxygen atoms in total. The molecule has 0 spiro atoms. The van der Waals surface area contributed by atoms with Crippen LogP contribution in [-0.2, 0) is 41.4 Å². The number of aryl methyl sites for hydroxylation is 1. The number of imidazole rings is 1. The lowest BCUT2D eigenvalue weighted by atomic mass is 10.1. The summed E-state index contributed by atoms with van der Waals surface area (Å²) in [6.45, 7) is 12.1. The standard InChI is InChI=1S/C30H41N7O6/c1-7-32-26(39)22-21-23(43-30(5,6)42-21)27(40-22)37-16-34-20-24(31)35-28(36-25(20)37)33-15-14-18-10-8-17(9-11-18)12-13-19(38)41-29(2,3)4/h8-11,16,21-23,27H,7,12-15H2,1-6H3,(H,32,39)(H3,31,33,35,36)/t21-,22-,23-,27+/m0/s1. The number of nitrogens with one attached hydrogen (secondary N) is 2. The van der Waals surface area contributed by atoms with Crippen molar-refractivity contribution in [2.24, 2.45) is 0 Å². The highest BCUT2D eigenvalue weighted by Gasteiger charge is 2.58. The Morgan fingerprint density at radius 1 is 1.07 bits per heavy atom. The zero-order chi connectivity index (χ0) is 30.9. The first-order chi connectivity index (χ1) is 20.3. The Kier molecular flexibility index (Phi) is 8.59. The fourth-order valence-electron chi connectivity index (χ4n) is 5.32. The highest BCUT2D eigenvalue weighted by atomic mass is 16.8. The van der Waals surface area contributed by atoms with Gasteiger partial charge in [-0.1, -0.05) is 24.3 Å². The summed E-state index contributed by atoms with van der Waals surface area (Å²) in [5.74, 6) is -0.778. The molecule has 4 heterocycles. The molecule has 4 atom stereocenters. The van der Waals surface area contributed by atoms with Crippen molar-refractivity contribution in [2.75, 3.05) is 24.1 Å². The molecule has 1 amide bonds. The Bertz CT molecular complexity index is 1470. The molecule has 2 aliphatic heterocycles. The van der Waals surface area contributed by atoms with E-state index < -0.39 is 35.9 Å². The molecule has 43 heavy (non-hydrogen) atoms. The summed E-state index contributed by atoms with van der Waals surface area (Å²) < 4.78 is 25.5. The lowest BCUT2D eigenvalue weighted by molar-refractivity contribution is -0.197. The minimum Gasteiger partial charge on any atom is -0.460 e. The number of esters is 1. The third kappa shape index (κ3) is 7.06. The maximum Gasteiger partial charge on any atom is 0.306 e. The largest absolute Gasteiger partial charge is 0.460 e. The van der Waals surface area contributed by atoms with Crippen LogP contribution in [0.1, 0.15) is 65.3 Å². The summed E-state index contributed by atoms with van der Waals surface area (Å²) in [5.41, 5.74) is 8.85. The van der Waals surface area contributed by atoms with Crippen LogP contribution in [0.3, 0.4) is 0 Å². The van der Waals surface area contributed by atoms with E-state index in [4.69, 9.17) is 24.7 Å². The van der Waals surface area contributed by atoms with Crippen molar-refractivity contribution < 1.29 is 28.5 Å². The highest BCUT2D eigenvalue weighted by Crippen LogP contribution is 2.44. The average Bonchev–Trinajstić information content (AvgIpc) is 3.58. The van der Waals surface area contributed by atoms with Gasteiger partial charge in [0.05, 0.1) is 6.33 Å². The van der Waals surface area contributed by atoms with Crippen molar-refractivity contribution in [3.8, 4) is 0 Å². The average molecular weight is 596 g/mol. The Morgan fingerprint density at radius 2 is 1.74 bits per heavy atom. The van der Waals surface area contributed by atoms with Gasteiger partial charge in [-0.2, -0.15) is 9.97 Å². The fraction of sp³-hybridized carbons (Fsp3) is 0.567. The normalized spacial score (nSPS) is 22.8. The van der Waals surface area contributed by atoms with Crippen LogP contribution in [0.5, 0.6) is 0 Å². The van der Waals surface area contributed by atoms with Gasteiger partial charge in [0.15, 0.2) is 29.6 Å². The van der Waals surface area contributed by atoms with Crippen LogP contribution < -0.4 is 16.4 Å². The van der Waals surface area contributed by atoms with E-state index in [2.05, 4.69) is 25.6 Å². The number of hydrogen-bond donors (Lipinski definition) is 3. The van der Waals surface area contributed by atoms with Crippen LogP contribution in [0.4, 0.5) is 11.8 Å². The van der Waals surface area contributed by atoms with Gasteiger partial charge < -0.3 is 35.3 Å². The molecule has 0 radical (unpaired) electrons. The first-order valence-electron chi connectivity index (χ1n) is 14.7. The zero-order valence-corrected chi connectivity index (χ0v) is 25.5. The number of anilines is 2. The van der Waals surface area contributed by atoms with E-state index >= 15 is 0 Å². The predicted octanol–water partition coefficient (Wildman–Crippen LogP) is 2.89. The molecule has 4 N–H and O–H groups in total. The SMILES string of the molecule is CCNC(=O)[C@H]1O[C@@H](n2cnc3c(N)nc(NCCc4ccc(CCC(=O)OC(C)(C)C)cc4)nc32)[C@H]2OC(C)(C)O[C@H]21. The lowest BCUT2D eigenvalue weighted by Gasteiger charge is -2.24. The summed E-state index contributed by atoms with van der Waals surface area (Å²) in [7, 11) is 0. The van der Waals surface area contributed by atoms with Crippen LogP contribution in [0.25, 0.3) is 11.2 Å². The number of amides is 1. The van der Waals surface area contributed by atoms with E-state index in [-0.39, 0.29) is 17.7 Å². The van der Waals surface area contributed by atoms with Gasteiger partial charge in [0.25, 0.3) is 5.91 Å². The number of ether oxygens (including phenoxy) is 4. The molecule has 13 heteroatoms. The van der Waals surface area contributed by atoms with Crippen LogP contribution in [0.15, 0.2) is 30.6 Å². The topological polar surface area (TPSA) is 165 Å². The minimum atomic E-state index is -0.879. The summed E-state index contributed by atoms with van der Waals surface area (Å²) in [4.78, 5) is 38.3. The van der Waals surface area contributed by atoms with E-state index in [1.165, 1.54) is 0 Å². The van der Waals surface area contributed by atoms with Crippen LogP contribution in [0.2, 0.25) is 0 Å². The van der Waals surface area contributed by atoms with E-state index in [1.807, 2.05) is 65.8 Å². The van der Waals surface area contributed by atoms with Gasteiger partial charge in [0.2, 0.25) is 5.95 Å². The molecule has 5 rings (SSSR count). The summed E-state index contributed by atoms with van der Waals surface area (Å²) >= 11 is 0. The number of likely N-dealkylation sites (N-methyl/N-ethyl adjacent to an activating group) is 1. The smallest absolute Gasteiger partial charge is 0.306 e. The van der Waals surface area contributed by atoms with Gasteiger partial charge in [-0.25, -0.2) is 4.98 Å². The summed E-state index contributed by atoms with van der Waals surface area (Å²) in [6.07, 6.45) is 0.544. The van der Waals surface area contributed by atoms with Crippen molar-refractivity contribution in [2.45, 2.75) is 96.7 Å². The number of nitrogen functional groups attached to an aromatic ring is 1. The molecular formula is C30H41N7O6. The third-order valence-corrected chi connectivity index (χ3v) is 7.12. The van der Waals surface area contributed by atoms with Gasteiger partial charge in [-0.15, -0.1) is 0 Å². The number of carbonyl (C=O) groups excluding carboxylic acids is 2. The summed E-state index contributed by atoms with van der Waals surface area (Å²) in [6, 6.07) is 8.14. The monoisotopic (exact) mass is 595 g/mol. The van der Waals surface area contributed by atoms with Crippen LogP contribution in [0, 0.1) is 0 Å². The molecule has 2 aliphatic rings. The number of rotatable bonds is 10.